The molecule has 0 aliphatic carbocycles. The lowest BCUT2D eigenvalue weighted by atomic mass is 9.97. The summed E-state index contributed by atoms with van der Waals surface area (Å²) < 4.78 is 7.20. The van der Waals surface area contributed by atoms with E-state index in [-0.39, 0.29) is 5.75 Å². The molecule has 2 heterocycles. The lowest BCUT2D eigenvalue weighted by molar-refractivity contribution is 0.320. The number of aromatic hydroxyl groups is 1. The third-order valence-corrected chi connectivity index (χ3v) is 4.50. The Bertz CT molecular complexity index is 1100. The SMILES string of the molecule is Cc1noc(C)c1-c1c(-c2ccc(O)cc2)c2ccccc2n1/C=N/O. The Hall–Kier alpha value is -3.54. The van der Waals surface area contributed by atoms with Crippen molar-refractivity contribution in [3.05, 3.63) is 60.0 Å². The summed E-state index contributed by atoms with van der Waals surface area (Å²) >= 11 is 0. The maximum absolute atomic E-state index is 9.66. The van der Waals surface area contributed by atoms with E-state index in [0.717, 1.165) is 39.0 Å². The van der Waals surface area contributed by atoms with Crippen LogP contribution in [-0.2, 0) is 0 Å². The summed E-state index contributed by atoms with van der Waals surface area (Å²) in [6, 6.07) is 14.9. The first-order valence-electron chi connectivity index (χ1n) is 8.15. The van der Waals surface area contributed by atoms with Crippen LogP contribution in [0.2, 0.25) is 0 Å². The molecule has 6 nitrogen and oxygen atoms in total. The van der Waals surface area contributed by atoms with E-state index in [1.807, 2.05) is 54.8 Å². The largest absolute Gasteiger partial charge is 0.508 e. The molecular formula is C20H17N3O3. The lowest BCUT2D eigenvalue weighted by Crippen LogP contribution is -2.00. The van der Waals surface area contributed by atoms with E-state index in [1.54, 1.807) is 12.1 Å². The maximum atomic E-state index is 9.66. The van der Waals surface area contributed by atoms with Crippen LogP contribution in [0.3, 0.4) is 0 Å². The number of benzene rings is 2. The predicted octanol–water partition coefficient (Wildman–Crippen LogP) is 4.55. The minimum atomic E-state index is 0.202. The van der Waals surface area contributed by atoms with Gasteiger partial charge in [0.2, 0.25) is 0 Å². The molecule has 2 aromatic heterocycles. The number of hydrogen-bond donors (Lipinski definition) is 2. The molecule has 0 amide bonds. The van der Waals surface area contributed by atoms with Crippen molar-refractivity contribution in [2.24, 2.45) is 5.16 Å². The standard InChI is InChI=1S/C20H17N3O3/c1-12-18(13(2)26-22-12)20-19(14-7-9-15(24)10-8-14)16-5-3-4-6-17(16)23(20)11-21-25/h3-11,24-25H,1-2H3/b21-11+. The van der Waals surface area contributed by atoms with E-state index >= 15 is 0 Å². The van der Waals surface area contributed by atoms with Gasteiger partial charge in [0.25, 0.3) is 0 Å². The fraction of sp³-hybridized carbons (Fsp3) is 0.100. The lowest BCUT2D eigenvalue weighted by Gasteiger charge is -2.08. The first-order chi connectivity index (χ1) is 12.6. The van der Waals surface area contributed by atoms with Crippen molar-refractivity contribution in [2.75, 3.05) is 0 Å². The van der Waals surface area contributed by atoms with E-state index in [9.17, 15) is 10.3 Å². The Morgan fingerprint density at radius 3 is 2.42 bits per heavy atom. The van der Waals surface area contributed by atoms with Crippen LogP contribution >= 0.6 is 0 Å². The first-order valence-corrected chi connectivity index (χ1v) is 8.15. The van der Waals surface area contributed by atoms with E-state index in [1.165, 1.54) is 6.34 Å². The number of phenolic OH excluding ortho intramolecular Hbond substituents is 1. The zero-order chi connectivity index (χ0) is 18.3. The highest BCUT2D eigenvalue weighted by Crippen LogP contribution is 2.42. The number of phenols is 1. The smallest absolute Gasteiger partial charge is 0.143 e. The molecule has 0 saturated carbocycles. The number of para-hydroxylation sites is 1. The van der Waals surface area contributed by atoms with E-state index in [2.05, 4.69) is 10.3 Å². The summed E-state index contributed by atoms with van der Waals surface area (Å²) in [7, 11) is 0. The Kier molecular flexibility index (Phi) is 3.73. The second kappa shape index (κ2) is 6.07. The summed E-state index contributed by atoms with van der Waals surface area (Å²) in [5.41, 5.74) is 5.20. The summed E-state index contributed by atoms with van der Waals surface area (Å²) in [6.45, 7) is 3.73. The van der Waals surface area contributed by atoms with Gasteiger partial charge < -0.3 is 14.8 Å². The molecule has 6 heteroatoms. The van der Waals surface area contributed by atoms with Crippen LogP contribution < -0.4 is 0 Å². The quantitative estimate of drug-likeness (QED) is 0.246. The highest BCUT2D eigenvalue weighted by molar-refractivity contribution is 6.08. The minimum absolute atomic E-state index is 0.202. The molecular weight excluding hydrogens is 330 g/mol. The highest BCUT2D eigenvalue weighted by Gasteiger charge is 2.24. The van der Waals surface area contributed by atoms with Gasteiger partial charge in [-0.25, -0.2) is 0 Å². The van der Waals surface area contributed by atoms with Crippen LogP contribution in [0, 0.1) is 13.8 Å². The monoisotopic (exact) mass is 347 g/mol. The first kappa shape index (κ1) is 16.0. The molecule has 0 saturated heterocycles. The zero-order valence-corrected chi connectivity index (χ0v) is 14.3. The average Bonchev–Trinajstić information content (AvgIpc) is 3.13. The molecule has 0 aliphatic heterocycles. The van der Waals surface area contributed by atoms with Gasteiger partial charge in [-0.2, -0.15) is 0 Å². The molecule has 0 bridgehead atoms. The fourth-order valence-electron chi connectivity index (χ4n) is 3.42. The topological polar surface area (TPSA) is 83.8 Å². The molecule has 0 unspecified atom stereocenters. The summed E-state index contributed by atoms with van der Waals surface area (Å²) in [5.74, 6) is 0.881. The van der Waals surface area contributed by atoms with Gasteiger partial charge in [-0.15, -0.1) is 0 Å². The molecule has 2 N–H and O–H groups in total. The number of rotatable bonds is 3. The van der Waals surface area contributed by atoms with Crippen molar-refractivity contribution in [3.8, 4) is 28.1 Å². The van der Waals surface area contributed by atoms with Gasteiger partial charge in [-0.1, -0.05) is 40.6 Å². The van der Waals surface area contributed by atoms with Crippen molar-refractivity contribution in [3.63, 3.8) is 0 Å². The third-order valence-electron chi connectivity index (χ3n) is 4.50. The molecule has 0 atom stereocenters. The summed E-state index contributed by atoms with van der Waals surface area (Å²) in [6.07, 6.45) is 1.37. The van der Waals surface area contributed by atoms with Crippen LogP contribution in [-0.4, -0.2) is 26.4 Å². The van der Waals surface area contributed by atoms with Gasteiger partial charge in [-0.3, -0.25) is 4.57 Å². The molecule has 0 radical (unpaired) electrons. The third kappa shape index (κ3) is 2.35. The van der Waals surface area contributed by atoms with E-state index in [0.29, 0.717) is 5.76 Å². The number of aromatic nitrogens is 2. The molecule has 0 spiro atoms. The van der Waals surface area contributed by atoms with Crippen LogP contribution in [0.5, 0.6) is 5.75 Å². The van der Waals surface area contributed by atoms with Crippen molar-refractivity contribution < 1.29 is 14.8 Å². The van der Waals surface area contributed by atoms with Crippen LogP contribution in [0.25, 0.3) is 33.3 Å². The van der Waals surface area contributed by atoms with Crippen molar-refractivity contribution in [1.82, 2.24) is 9.72 Å². The normalized spacial score (nSPS) is 11.6. The van der Waals surface area contributed by atoms with Crippen molar-refractivity contribution in [1.29, 1.82) is 0 Å². The number of oxime groups is 1. The number of fused-ring (bicyclic) bond motifs is 1. The van der Waals surface area contributed by atoms with E-state index < -0.39 is 0 Å². The van der Waals surface area contributed by atoms with Crippen LogP contribution in [0.4, 0.5) is 0 Å². The summed E-state index contributed by atoms with van der Waals surface area (Å²) in [5, 5.41) is 27.2. The van der Waals surface area contributed by atoms with Crippen LogP contribution in [0.1, 0.15) is 11.5 Å². The number of aryl methyl sites for hydroxylation is 2. The Labute approximate surface area is 149 Å². The van der Waals surface area contributed by atoms with Gasteiger partial charge in [-0.05, 0) is 37.6 Å². The van der Waals surface area contributed by atoms with Gasteiger partial charge in [0.1, 0.15) is 17.8 Å². The molecule has 0 aliphatic rings. The zero-order valence-electron chi connectivity index (χ0n) is 14.3. The highest BCUT2D eigenvalue weighted by atomic mass is 16.5. The fourth-order valence-corrected chi connectivity index (χ4v) is 3.42. The summed E-state index contributed by atoms with van der Waals surface area (Å²) in [4.78, 5) is 0. The Morgan fingerprint density at radius 1 is 1.04 bits per heavy atom. The Balaban J connectivity index is 2.19. The van der Waals surface area contributed by atoms with Gasteiger partial charge in [0, 0.05) is 10.9 Å². The number of nitrogens with zero attached hydrogens (tertiary/aromatic N) is 3. The molecule has 2 aromatic carbocycles. The van der Waals surface area contributed by atoms with Crippen molar-refractivity contribution in [2.45, 2.75) is 13.8 Å². The maximum Gasteiger partial charge on any atom is 0.143 e. The van der Waals surface area contributed by atoms with Crippen LogP contribution in [0.15, 0.2) is 58.2 Å². The second-order valence-corrected chi connectivity index (χ2v) is 6.09. The van der Waals surface area contributed by atoms with Crippen molar-refractivity contribution >= 4 is 17.2 Å². The van der Waals surface area contributed by atoms with E-state index in [4.69, 9.17) is 4.52 Å². The van der Waals surface area contributed by atoms with Gasteiger partial charge >= 0.3 is 0 Å². The number of hydrogen-bond acceptors (Lipinski definition) is 5. The molecule has 26 heavy (non-hydrogen) atoms. The molecule has 130 valence electrons. The van der Waals surface area contributed by atoms with Gasteiger partial charge in [0.05, 0.1) is 22.5 Å². The Morgan fingerprint density at radius 2 is 1.77 bits per heavy atom. The molecule has 4 aromatic rings. The molecule has 0 fully saturated rings. The minimum Gasteiger partial charge on any atom is -0.508 e. The average molecular weight is 347 g/mol. The van der Waals surface area contributed by atoms with Gasteiger partial charge in [0.15, 0.2) is 0 Å². The molecule has 4 rings (SSSR count). The predicted molar refractivity (Wildman–Crippen MR) is 99.7 cm³/mol. The second-order valence-electron chi connectivity index (χ2n) is 6.09.